The van der Waals surface area contributed by atoms with Crippen molar-refractivity contribution in [1.29, 1.82) is 0 Å². The maximum absolute atomic E-state index is 13.1. The summed E-state index contributed by atoms with van der Waals surface area (Å²) >= 11 is 0. The molecule has 31 heavy (non-hydrogen) atoms. The zero-order valence-corrected chi connectivity index (χ0v) is 17.9. The highest BCUT2D eigenvalue weighted by Crippen LogP contribution is 2.34. The average molecular weight is 421 g/mol. The monoisotopic (exact) mass is 421 g/mol. The number of fused-ring (bicyclic) bond motifs is 1. The van der Waals surface area contributed by atoms with Gasteiger partial charge in [0.1, 0.15) is 0 Å². The maximum Gasteiger partial charge on any atom is 0.276 e. The molecule has 0 bridgehead atoms. The highest BCUT2D eigenvalue weighted by Gasteiger charge is 2.20. The molecule has 1 aliphatic carbocycles. The number of nitrogens with zero attached hydrogens (tertiary/aromatic N) is 2. The molecule has 1 heterocycles. The second kappa shape index (κ2) is 9.20. The van der Waals surface area contributed by atoms with Gasteiger partial charge in [-0.2, -0.15) is 5.10 Å². The molecule has 4 rings (SSSR count). The molecule has 0 spiro atoms. The quantitative estimate of drug-likeness (QED) is 0.612. The lowest BCUT2D eigenvalue weighted by molar-refractivity contribution is 0.102. The van der Waals surface area contributed by atoms with Gasteiger partial charge >= 0.3 is 0 Å². The summed E-state index contributed by atoms with van der Waals surface area (Å²) in [5.74, 6) is 0.865. The predicted molar refractivity (Wildman–Crippen MR) is 120 cm³/mol. The third kappa shape index (κ3) is 4.40. The van der Waals surface area contributed by atoms with E-state index in [-0.39, 0.29) is 23.3 Å². The number of nitrogens with one attached hydrogen (secondary N) is 1. The van der Waals surface area contributed by atoms with Crippen molar-refractivity contribution >= 4 is 22.4 Å². The summed E-state index contributed by atoms with van der Waals surface area (Å²) < 4.78 is 12.9. The van der Waals surface area contributed by atoms with Crippen molar-refractivity contribution in [2.75, 3.05) is 12.4 Å². The van der Waals surface area contributed by atoms with Crippen LogP contribution < -0.4 is 20.3 Å². The van der Waals surface area contributed by atoms with E-state index in [0.717, 1.165) is 32.1 Å². The minimum Gasteiger partial charge on any atom is -0.493 e. The second-order valence-electron chi connectivity index (χ2n) is 7.77. The molecule has 3 aromatic rings. The van der Waals surface area contributed by atoms with Crippen molar-refractivity contribution in [3.8, 4) is 11.5 Å². The van der Waals surface area contributed by atoms with Crippen molar-refractivity contribution in [2.45, 2.75) is 51.7 Å². The number of hydrogen-bond donors (Lipinski definition) is 1. The molecule has 1 aromatic heterocycles. The molecule has 0 aliphatic heterocycles. The summed E-state index contributed by atoms with van der Waals surface area (Å²) in [6, 6.07) is 12.4. The minimum absolute atomic E-state index is 0.170. The van der Waals surface area contributed by atoms with Crippen LogP contribution in [0.25, 0.3) is 10.8 Å². The first-order valence-electron chi connectivity index (χ1n) is 10.8. The number of aromatic nitrogens is 2. The molecule has 0 saturated heterocycles. The van der Waals surface area contributed by atoms with Crippen molar-refractivity contribution in [2.24, 2.45) is 0 Å². The van der Waals surface area contributed by atoms with Crippen LogP contribution >= 0.6 is 0 Å². The molecule has 7 heteroatoms. The Morgan fingerprint density at radius 2 is 1.87 bits per heavy atom. The number of hydrogen-bond acceptors (Lipinski definition) is 5. The summed E-state index contributed by atoms with van der Waals surface area (Å²) in [6.07, 6.45) is 5.28. The zero-order chi connectivity index (χ0) is 21.8. The first-order valence-corrected chi connectivity index (χ1v) is 10.8. The molecular formula is C24H27N3O4. The number of methoxy groups -OCH3 is 1. The van der Waals surface area contributed by atoms with E-state index < -0.39 is 0 Å². The van der Waals surface area contributed by atoms with Crippen molar-refractivity contribution in [3.63, 3.8) is 0 Å². The highest BCUT2D eigenvalue weighted by molar-refractivity contribution is 6.11. The van der Waals surface area contributed by atoms with Gasteiger partial charge in [0.25, 0.3) is 11.5 Å². The maximum atomic E-state index is 13.1. The van der Waals surface area contributed by atoms with Crippen LogP contribution in [-0.4, -0.2) is 28.9 Å². The fourth-order valence-electron chi connectivity index (χ4n) is 3.99. The third-order valence-electron chi connectivity index (χ3n) is 5.54. The number of amides is 1. The lowest BCUT2D eigenvalue weighted by Gasteiger charge is -2.17. The standard InChI is InChI=1S/C24H27N3O4/c1-3-14-27-24(29)19-11-7-6-10-18(19)22(26-27)23(28)25-16-12-13-20(30-2)21(15-16)31-17-8-4-5-9-17/h6-7,10-13,15,17H,3-5,8-9,14H2,1-2H3,(H,25,28). The van der Waals surface area contributed by atoms with Gasteiger partial charge in [0.2, 0.25) is 0 Å². The van der Waals surface area contributed by atoms with E-state index >= 15 is 0 Å². The Kier molecular flexibility index (Phi) is 6.21. The summed E-state index contributed by atoms with van der Waals surface area (Å²) in [7, 11) is 1.60. The van der Waals surface area contributed by atoms with Crippen LogP contribution in [-0.2, 0) is 6.54 Å². The topological polar surface area (TPSA) is 82.5 Å². The first kappa shape index (κ1) is 20.9. The molecule has 1 saturated carbocycles. The highest BCUT2D eigenvalue weighted by atomic mass is 16.5. The summed E-state index contributed by atoms with van der Waals surface area (Å²) in [6.45, 7) is 2.41. The molecule has 1 N–H and O–H groups in total. The molecule has 0 atom stereocenters. The number of anilines is 1. The molecule has 1 fully saturated rings. The van der Waals surface area contributed by atoms with Crippen molar-refractivity contribution in [3.05, 3.63) is 58.5 Å². The van der Waals surface area contributed by atoms with E-state index in [2.05, 4.69) is 10.4 Å². The van der Waals surface area contributed by atoms with Crippen LogP contribution in [0.15, 0.2) is 47.3 Å². The van der Waals surface area contributed by atoms with Gasteiger partial charge in [0.15, 0.2) is 17.2 Å². The Labute approximate surface area is 181 Å². The summed E-state index contributed by atoms with van der Waals surface area (Å²) in [5, 5.41) is 8.28. The largest absolute Gasteiger partial charge is 0.493 e. The smallest absolute Gasteiger partial charge is 0.276 e. The van der Waals surface area contributed by atoms with E-state index in [0.29, 0.717) is 34.5 Å². The van der Waals surface area contributed by atoms with Crippen LogP contribution in [0.4, 0.5) is 5.69 Å². The Bertz CT molecular complexity index is 1150. The SMILES string of the molecule is CCCn1nc(C(=O)Nc2ccc(OC)c(OC3CCCC3)c2)c2ccccc2c1=O. The van der Waals surface area contributed by atoms with Crippen LogP contribution in [0, 0.1) is 0 Å². The number of aryl methyl sites for hydroxylation is 1. The van der Waals surface area contributed by atoms with E-state index in [1.807, 2.05) is 6.92 Å². The fraction of sp³-hybridized carbons (Fsp3) is 0.375. The molecule has 2 aromatic carbocycles. The molecule has 1 amide bonds. The lowest BCUT2D eigenvalue weighted by Crippen LogP contribution is -2.27. The molecule has 1 aliphatic rings. The Morgan fingerprint density at radius 3 is 2.58 bits per heavy atom. The van der Waals surface area contributed by atoms with Crippen LogP contribution in [0.2, 0.25) is 0 Å². The van der Waals surface area contributed by atoms with Crippen molar-refractivity contribution in [1.82, 2.24) is 9.78 Å². The second-order valence-corrected chi connectivity index (χ2v) is 7.77. The van der Waals surface area contributed by atoms with Crippen LogP contribution in [0.5, 0.6) is 11.5 Å². The van der Waals surface area contributed by atoms with Gasteiger partial charge in [-0.15, -0.1) is 0 Å². The Balaban J connectivity index is 1.66. The van der Waals surface area contributed by atoms with Gasteiger partial charge in [0, 0.05) is 23.7 Å². The van der Waals surface area contributed by atoms with E-state index in [1.165, 1.54) is 4.68 Å². The number of carbonyl (C=O) groups is 1. The van der Waals surface area contributed by atoms with Gasteiger partial charge in [-0.25, -0.2) is 4.68 Å². The zero-order valence-electron chi connectivity index (χ0n) is 17.9. The Morgan fingerprint density at radius 1 is 1.13 bits per heavy atom. The molecule has 162 valence electrons. The van der Waals surface area contributed by atoms with Gasteiger partial charge in [0.05, 0.1) is 18.6 Å². The van der Waals surface area contributed by atoms with Crippen molar-refractivity contribution < 1.29 is 14.3 Å². The fourth-order valence-corrected chi connectivity index (χ4v) is 3.99. The number of ether oxygens (including phenoxy) is 2. The van der Waals surface area contributed by atoms with E-state index in [4.69, 9.17) is 9.47 Å². The molecule has 7 nitrogen and oxygen atoms in total. The molecule has 0 radical (unpaired) electrons. The number of carbonyl (C=O) groups excluding carboxylic acids is 1. The number of rotatable bonds is 7. The molecule has 0 unspecified atom stereocenters. The minimum atomic E-state index is -0.377. The number of benzene rings is 2. The van der Waals surface area contributed by atoms with Crippen LogP contribution in [0.3, 0.4) is 0 Å². The van der Waals surface area contributed by atoms with E-state index in [1.54, 1.807) is 49.6 Å². The van der Waals surface area contributed by atoms with Gasteiger partial charge in [-0.1, -0.05) is 25.1 Å². The van der Waals surface area contributed by atoms with Gasteiger partial charge in [-0.3, -0.25) is 9.59 Å². The summed E-state index contributed by atoms with van der Waals surface area (Å²) in [5.41, 5.74) is 0.612. The van der Waals surface area contributed by atoms with Crippen LogP contribution in [0.1, 0.15) is 49.5 Å². The molecular weight excluding hydrogens is 394 g/mol. The predicted octanol–water partition coefficient (Wildman–Crippen LogP) is 4.39. The first-order chi connectivity index (χ1) is 15.1. The summed E-state index contributed by atoms with van der Waals surface area (Å²) in [4.78, 5) is 25.8. The van der Waals surface area contributed by atoms with E-state index in [9.17, 15) is 9.59 Å². The third-order valence-corrected chi connectivity index (χ3v) is 5.54. The Hall–Kier alpha value is -3.35. The van der Waals surface area contributed by atoms with Gasteiger partial charge < -0.3 is 14.8 Å². The average Bonchev–Trinajstić information content (AvgIpc) is 3.29. The van der Waals surface area contributed by atoms with Gasteiger partial charge in [-0.05, 0) is 50.3 Å². The normalized spacial score (nSPS) is 14.0. The lowest BCUT2D eigenvalue weighted by atomic mass is 10.1.